The van der Waals surface area contributed by atoms with Crippen LogP contribution in [0.4, 0.5) is 0 Å². The summed E-state index contributed by atoms with van der Waals surface area (Å²) >= 11 is 0. The van der Waals surface area contributed by atoms with Crippen LogP contribution in [0.15, 0.2) is 24.9 Å². The molecule has 8 nitrogen and oxygen atoms in total. The molecule has 27 heavy (non-hydrogen) atoms. The van der Waals surface area contributed by atoms with Gasteiger partial charge in [0.1, 0.15) is 17.8 Å². The lowest BCUT2D eigenvalue weighted by Crippen LogP contribution is -2.38. The highest BCUT2D eigenvalue weighted by atomic mass is 16.5. The zero-order chi connectivity index (χ0) is 18.9. The van der Waals surface area contributed by atoms with Crippen LogP contribution in [-0.4, -0.2) is 61.8 Å². The van der Waals surface area contributed by atoms with Gasteiger partial charge in [0, 0.05) is 56.6 Å². The Labute approximate surface area is 159 Å². The van der Waals surface area contributed by atoms with Crippen molar-refractivity contribution in [3.05, 3.63) is 36.4 Å². The van der Waals surface area contributed by atoms with Crippen molar-refractivity contribution in [2.45, 2.75) is 39.2 Å². The molecule has 0 N–H and O–H groups in total. The Hall–Kier alpha value is -2.35. The summed E-state index contributed by atoms with van der Waals surface area (Å²) in [6, 6.07) is 0. The summed E-state index contributed by atoms with van der Waals surface area (Å²) in [5.74, 6) is 1.58. The van der Waals surface area contributed by atoms with Gasteiger partial charge in [0.15, 0.2) is 0 Å². The molecule has 144 valence electrons. The van der Waals surface area contributed by atoms with Gasteiger partial charge in [-0.25, -0.2) is 4.98 Å². The van der Waals surface area contributed by atoms with Gasteiger partial charge in [-0.3, -0.25) is 9.78 Å². The van der Waals surface area contributed by atoms with Crippen molar-refractivity contribution >= 4 is 5.91 Å². The Kier molecular flexibility index (Phi) is 4.90. The molecule has 2 saturated heterocycles. The Balaban J connectivity index is 1.65. The molecule has 8 heteroatoms. The molecule has 0 aromatic carbocycles. The van der Waals surface area contributed by atoms with Gasteiger partial charge < -0.3 is 14.2 Å². The number of ether oxygens (including phenoxy) is 1. The second-order valence-electron chi connectivity index (χ2n) is 8.04. The normalized spacial score (nSPS) is 21.9. The lowest BCUT2D eigenvalue weighted by Gasteiger charge is -2.37. The third-order valence-electron chi connectivity index (χ3n) is 5.73. The number of likely N-dealkylation sites (tertiary alicyclic amines) is 1. The second-order valence-corrected chi connectivity index (χ2v) is 8.04. The Morgan fingerprint density at radius 3 is 2.85 bits per heavy atom. The highest BCUT2D eigenvalue weighted by molar-refractivity contribution is 5.92. The summed E-state index contributed by atoms with van der Waals surface area (Å²) in [6.45, 7) is 8.03. The molecule has 2 aliphatic rings. The van der Waals surface area contributed by atoms with Gasteiger partial charge in [-0.05, 0) is 18.8 Å². The number of aromatic nitrogens is 5. The second kappa shape index (κ2) is 7.34. The number of hydrogen-bond acceptors (Lipinski definition) is 6. The predicted octanol–water partition coefficient (Wildman–Crippen LogP) is 1.76. The lowest BCUT2D eigenvalue weighted by molar-refractivity contribution is 0.0106. The number of carbonyl (C=O) groups excluding carboxylic acids is 1. The number of amides is 1. The van der Waals surface area contributed by atoms with E-state index in [1.165, 1.54) is 6.20 Å². The zero-order valence-corrected chi connectivity index (χ0v) is 15.9. The van der Waals surface area contributed by atoms with E-state index < -0.39 is 0 Å². The molecule has 0 bridgehead atoms. The van der Waals surface area contributed by atoms with Crippen LogP contribution in [0.5, 0.6) is 0 Å². The highest BCUT2D eigenvalue weighted by Crippen LogP contribution is 2.49. The first-order valence-electron chi connectivity index (χ1n) is 9.60. The summed E-state index contributed by atoms with van der Waals surface area (Å²) in [5.41, 5.74) is 0.377. The quantitative estimate of drug-likeness (QED) is 0.815. The Morgan fingerprint density at radius 1 is 1.33 bits per heavy atom. The molecule has 0 saturated carbocycles. The fraction of sp³-hybridized carbons (Fsp3) is 0.632. The molecule has 2 aromatic rings. The maximum Gasteiger partial charge on any atom is 0.274 e. The van der Waals surface area contributed by atoms with E-state index in [0.29, 0.717) is 24.7 Å². The van der Waals surface area contributed by atoms with Crippen LogP contribution in [-0.2, 0) is 11.3 Å². The number of rotatable bonds is 4. The molecule has 1 amide bonds. The van der Waals surface area contributed by atoms with Gasteiger partial charge in [-0.1, -0.05) is 13.8 Å². The van der Waals surface area contributed by atoms with Gasteiger partial charge in [0.25, 0.3) is 5.91 Å². The van der Waals surface area contributed by atoms with E-state index in [2.05, 4.69) is 38.6 Å². The molecule has 2 aromatic heterocycles. The topological polar surface area (TPSA) is 86.0 Å². The van der Waals surface area contributed by atoms with Crippen molar-refractivity contribution in [1.29, 1.82) is 0 Å². The summed E-state index contributed by atoms with van der Waals surface area (Å²) in [7, 11) is 0. The molecule has 0 aliphatic carbocycles. The molecule has 1 atom stereocenters. The monoisotopic (exact) mass is 370 g/mol. The minimum atomic E-state index is -0.0635. The first-order chi connectivity index (χ1) is 13.1. The first-order valence-corrected chi connectivity index (χ1v) is 9.60. The number of nitrogens with zero attached hydrogens (tertiary/aromatic N) is 6. The molecule has 0 radical (unpaired) electrons. The molecular formula is C19H26N6O2. The van der Waals surface area contributed by atoms with E-state index in [-0.39, 0.29) is 17.2 Å². The van der Waals surface area contributed by atoms with Gasteiger partial charge in [0.2, 0.25) is 0 Å². The van der Waals surface area contributed by atoms with Crippen molar-refractivity contribution in [3.8, 4) is 0 Å². The van der Waals surface area contributed by atoms with Crippen LogP contribution in [0.2, 0.25) is 0 Å². The van der Waals surface area contributed by atoms with E-state index in [1.807, 2.05) is 11.2 Å². The van der Waals surface area contributed by atoms with Gasteiger partial charge >= 0.3 is 0 Å². The van der Waals surface area contributed by atoms with Crippen LogP contribution in [0.1, 0.15) is 48.9 Å². The number of carbonyl (C=O) groups is 1. The average Bonchev–Trinajstić information content (AvgIpc) is 3.26. The Bertz CT molecular complexity index is 785. The summed E-state index contributed by atoms with van der Waals surface area (Å²) < 4.78 is 7.78. The fourth-order valence-electron chi connectivity index (χ4n) is 4.40. The maximum absolute atomic E-state index is 13.0. The van der Waals surface area contributed by atoms with Crippen molar-refractivity contribution in [2.24, 2.45) is 11.3 Å². The van der Waals surface area contributed by atoms with Crippen molar-refractivity contribution < 1.29 is 9.53 Å². The molecule has 2 fully saturated rings. The van der Waals surface area contributed by atoms with Crippen LogP contribution >= 0.6 is 0 Å². The van der Waals surface area contributed by atoms with Crippen LogP contribution in [0, 0.1) is 11.3 Å². The molecule has 1 unspecified atom stereocenters. The summed E-state index contributed by atoms with van der Waals surface area (Å²) in [6.07, 6.45) is 8.35. The maximum atomic E-state index is 13.0. The van der Waals surface area contributed by atoms with E-state index in [0.717, 1.165) is 38.4 Å². The first kappa shape index (κ1) is 18.0. The van der Waals surface area contributed by atoms with Crippen molar-refractivity contribution in [1.82, 2.24) is 29.6 Å². The smallest absolute Gasteiger partial charge is 0.274 e. The third kappa shape index (κ3) is 3.45. The molecule has 4 rings (SSSR count). The summed E-state index contributed by atoms with van der Waals surface area (Å²) in [5, 5.41) is 8.66. The van der Waals surface area contributed by atoms with E-state index >= 15 is 0 Å². The Morgan fingerprint density at radius 2 is 2.15 bits per heavy atom. The third-order valence-corrected chi connectivity index (χ3v) is 5.73. The van der Waals surface area contributed by atoms with Crippen molar-refractivity contribution in [2.75, 3.05) is 26.3 Å². The fourth-order valence-corrected chi connectivity index (χ4v) is 4.40. The van der Waals surface area contributed by atoms with Gasteiger partial charge in [-0.15, -0.1) is 10.2 Å². The number of hydrogen-bond donors (Lipinski definition) is 0. The van der Waals surface area contributed by atoms with Crippen molar-refractivity contribution in [3.63, 3.8) is 0 Å². The minimum Gasteiger partial charge on any atom is -0.381 e. The van der Waals surface area contributed by atoms with E-state index in [9.17, 15) is 4.79 Å². The molecule has 1 spiro atoms. The molecular weight excluding hydrogens is 344 g/mol. The van der Waals surface area contributed by atoms with Crippen LogP contribution in [0.25, 0.3) is 0 Å². The average molecular weight is 370 g/mol. The lowest BCUT2D eigenvalue weighted by atomic mass is 9.71. The summed E-state index contributed by atoms with van der Waals surface area (Å²) in [4.78, 5) is 23.1. The zero-order valence-electron chi connectivity index (χ0n) is 15.9. The largest absolute Gasteiger partial charge is 0.381 e. The molecule has 2 aliphatic heterocycles. The van der Waals surface area contributed by atoms with Crippen LogP contribution < -0.4 is 0 Å². The van der Waals surface area contributed by atoms with Gasteiger partial charge in [-0.2, -0.15) is 0 Å². The van der Waals surface area contributed by atoms with Gasteiger partial charge in [0.05, 0.1) is 6.20 Å². The molecule has 4 heterocycles. The van der Waals surface area contributed by atoms with Crippen LogP contribution in [0.3, 0.4) is 0 Å². The highest BCUT2D eigenvalue weighted by Gasteiger charge is 2.51. The minimum absolute atomic E-state index is 0.0160. The SMILES string of the molecule is CC(C)Cn1cnnc1C1CN(C(=O)c2cnccn2)CC12CCOCC2. The van der Waals surface area contributed by atoms with E-state index in [1.54, 1.807) is 12.4 Å². The predicted molar refractivity (Wildman–Crippen MR) is 98.0 cm³/mol. The standard InChI is InChI=1S/C19H26N6O2/c1-14(2)10-25-13-22-23-17(25)15-11-24(12-19(15)3-7-27-8-4-19)18(26)16-9-20-5-6-21-16/h5-6,9,13-15H,3-4,7-8,10-12H2,1-2H3. The van der Waals surface area contributed by atoms with E-state index in [4.69, 9.17) is 4.74 Å².